The van der Waals surface area contributed by atoms with Crippen molar-refractivity contribution in [1.82, 2.24) is 9.88 Å². The van der Waals surface area contributed by atoms with Crippen LogP contribution < -0.4 is 0 Å². The Morgan fingerprint density at radius 2 is 1.95 bits per heavy atom. The molecule has 2 aromatic rings. The van der Waals surface area contributed by atoms with E-state index in [1.165, 1.54) is 5.56 Å². The molecule has 0 spiro atoms. The molecule has 20 heavy (non-hydrogen) atoms. The van der Waals surface area contributed by atoms with E-state index in [0.717, 1.165) is 5.56 Å². The van der Waals surface area contributed by atoms with E-state index in [2.05, 4.69) is 4.98 Å². The van der Waals surface area contributed by atoms with Gasteiger partial charge in [0, 0.05) is 13.6 Å². The van der Waals surface area contributed by atoms with Crippen molar-refractivity contribution in [1.29, 1.82) is 5.26 Å². The first kappa shape index (κ1) is 13.8. The summed E-state index contributed by atoms with van der Waals surface area (Å²) in [4.78, 5) is 17.8. The molecule has 1 heterocycles. The van der Waals surface area contributed by atoms with Gasteiger partial charge in [-0.1, -0.05) is 35.9 Å². The third-order valence-corrected chi connectivity index (χ3v) is 2.97. The van der Waals surface area contributed by atoms with Gasteiger partial charge in [-0.05, 0) is 24.6 Å². The topological polar surface area (TPSA) is 57.0 Å². The highest BCUT2D eigenvalue weighted by Crippen LogP contribution is 2.09. The molecule has 100 valence electrons. The fraction of sp³-hybridized carbons (Fsp3) is 0.188. The van der Waals surface area contributed by atoms with Gasteiger partial charge in [0.2, 0.25) is 0 Å². The maximum atomic E-state index is 12.2. The molecule has 4 nitrogen and oxygen atoms in total. The second-order valence-corrected chi connectivity index (χ2v) is 4.67. The van der Waals surface area contributed by atoms with E-state index in [9.17, 15) is 4.79 Å². The number of hydrogen-bond donors (Lipinski definition) is 0. The fourth-order valence-electron chi connectivity index (χ4n) is 1.85. The Kier molecular flexibility index (Phi) is 4.11. The standard InChI is InChI=1S/C16H15N3O/c1-12-6-8-13(9-7-12)11-19(2)16(20)15-5-3-4-14(10-17)18-15/h3-9H,11H2,1-2H3. The minimum Gasteiger partial charge on any atom is -0.336 e. The van der Waals surface area contributed by atoms with E-state index in [0.29, 0.717) is 12.2 Å². The summed E-state index contributed by atoms with van der Waals surface area (Å²) in [5.41, 5.74) is 2.78. The van der Waals surface area contributed by atoms with Gasteiger partial charge < -0.3 is 4.90 Å². The lowest BCUT2D eigenvalue weighted by atomic mass is 10.1. The van der Waals surface area contributed by atoms with Crippen molar-refractivity contribution in [2.75, 3.05) is 7.05 Å². The molecule has 0 aliphatic rings. The van der Waals surface area contributed by atoms with Crippen molar-refractivity contribution in [3.05, 3.63) is 65.0 Å². The monoisotopic (exact) mass is 265 g/mol. The maximum Gasteiger partial charge on any atom is 0.272 e. The zero-order chi connectivity index (χ0) is 14.5. The number of nitrogens with zero attached hydrogens (tertiary/aromatic N) is 3. The van der Waals surface area contributed by atoms with E-state index < -0.39 is 0 Å². The van der Waals surface area contributed by atoms with E-state index in [4.69, 9.17) is 5.26 Å². The van der Waals surface area contributed by atoms with Crippen LogP contribution >= 0.6 is 0 Å². The first-order valence-corrected chi connectivity index (χ1v) is 6.28. The zero-order valence-corrected chi connectivity index (χ0v) is 11.5. The smallest absolute Gasteiger partial charge is 0.272 e. The number of hydrogen-bond acceptors (Lipinski definition) is 3. The number of carbonyl (C=O) groups excluding carboxylic acids is 1. The van der Waals surface area contributed by atoms with Crippen LogP contribution in [0.1, 0.15) is 27.3 Å². The van der Waals surface area contributed by atoms with E-state index in [1.807, 2.05) is 37.3 Å². The summed E-state index contributed by atoms with van der Waals surface area (Å²) >= 11 is 0. The lowest BCUT2D eigenvalue weighted by molar-refractivity contribution is 0.0779. The molecule has 1 aromatic heterocycles. The Morgan fingerprint density at radius 3 is 2.60 bits per heavy atom. The van der Waals surface area contributed by atoms with E-state index in [1.54, 1.807) is 30.1 Å². The van der Waals surface area contributed by atoms with Crippen molar-refractivity contribution in [2.45, 2.75) is 13.5 Å². The van der Waals surface area contributed by atoms with Gasteiger partial charge in [0.25, 0.3) is 5.91 Å². The maximum absolute atomic E-state index is 12.2. The van der Waals surface area contributed by atoms with Crippen LogP contribution in [0.5, 0.6) is 0 Å². The van der Waals surface area contributed by atoms with Crippen molar-refractivity contribution in [3.63, 3.8) is 0 Å². The van der Waals surface area contributed by atoms with Gasteiger partial charge in [-0.3, -0.25) is 4.79 Å². The molecular formula is C16H15N3O. The molecule has 0 N–H and O–H groups in total. The summed E-state index contributed by atoms with van der Waals surface area (Å²) in [7, 11) is 1.73. The average molecular weight is 265 g/mol. The fourth-order valence-corrected chi connectivity index (χ4v) is 1.85. The summed E-state index contributed by atoms with van der Waals surface area (Å²) < 4.78 is 0. The van der Waals surface area contributed by atoms with Gasteiger partial charge in [0.15, 0.2) is 0 Å². The van der Waals surface area contributed by atoms with Crippen molar-refractivity contribution in [3.8, 4) is 6.07 Å². The third-order valence-electron chi connectivity index (χ3n) is 2.97. The zero-order valence-electron chi connectivity index (χ0n) is 11.5. The Labute approximate surface area is 118 Å². The number of pyridine rings is 1. The molecule has 4 heteroatoms. The Hall–Kier alpha value is -2.67. The molecule has 1 aromatic carbocycles. The lowest BCUT2D eigenvalue weighted by Gasteiger charge is -2.17. The molecule has 0 saturated heterocycles. The number of benzene rings is 1. The third kappa shape index (κ3) is 3.21. The first-order valence-electron chi connectivity index (χ1n) is 6.28. The number of carbonyl (C=O) groups is 1. The highest BCUT2D eigenvalue weighted by molar-refractivity contribution is 5.92. The normalized spacial score (nSPS) is 9.85. The Morgan fingerprint density at radius 1 is 1.25 bits per heavy atom. The molecule has 0 aliphatic carbocycles. The highest BCUT2D eigenvalue weighted by Gasteiger charge is 2.13. The van der Waals surface area contributed by atoms with Crippen molar-refractivity contribution < 1.29 is 4.79 Å². The first-order chi connectivity index (χ1) is 9.60. The van der Waals surface area contributed by atoms with Crippen LogP contribution in [-0.2, 0) is 6.54 Å². The largest absolute Gasteiger partial charge is 0.336 e. The average Bonchev–Trinajstić information content (AvgIpc) is 2.48. The Balaban J connectivity index is 2.12. The number of aromatic nitrogens is 1. The Bertz CT molecular complexity index is 656. The van der Waals surface area contributed by atoms with Gasteiger partial charge in [0.05, 0.1) is 0 Å². The van der Waals surface area contributed by atoms with Gasteiger partial charge in [-0.15, -0.1) is 0 Å². The number of rotatable bonds is 3. The number of nitriles is 1. The second-order valence-electron chi connectivity index (χ2n) is 4.67. The summed E-state index contributed by atoms with van der Waals surface area (Å²) in [5.74, 6) is -0.192. The van der Waals surface area contributed by atoms with E-state index in [-0.39, 0.29) is 11.6 Å². The van der Waals surface area contributed by atoms with Crippen LogP contribution in [0.15, 0.2) is 42.5 Å². The SMILES string of the molecule is Cc1ccc(CN(C)C(=O)c2cccc(C#N)n2)cc1. The summed E-state index contributed by atoms with van der Waals surface area (Å²) in [6.45, 7) is 2.54. The van der Waals surface area contributed by atoms with Crippen molar-refractivity contribution >= 4 is 5.91 Å². The molecule has 1 amide bonds. The molecular weight excluding hydrogens is 250 g/mol. The summed E-state index contributed by atoms with van der Waals surface area (Å²) in [5, 5.41) is 8.81. The van der Waals surface area contributed by atoms with E-state index >= 15 is 0 Å². The van der Waals surface area contributed by atoms with Gasteiger partial charge >= 0.3 is 0 Å². The quantitative estimate of drug-likeness (QED) is 0.857. The predicted octanol–water partition coefficient (Wildman–Crippen LogP) is 2.53. The minimum atomic E-state index is -0.192. The molecule has 0 fully saturated rings. The van der Waals surface area contributed by atoms with Crippen molar-refractivity contribution in [2.24, 2.45) is 0 Å². The molecule has 0 atom stereocenters. The van der Waals surface area contributed by atoms with Gasteiger partial charge in [0.1, 0.15) is 17.5 Å². The molecule has 0 bridgehead atoms. The van der Waals surface area contributed by atoms with Crippen LogP contribution in [0, 0.1) is 18.3 Å². The van der Waals surface area contributed by atoms with Gasteiger partial charge in [-0.25, -0.2) is 4.98 Å². The van der Waals surface area contributed by atoms with Crippen LogP contribution in [0.4, 0.5) is 0 Å². The second kappa shape index (κ2) is 5.98. The molecule has 0 aliphatic heterocycles. The lowest BCUT2D eigenvalue weighted by Crippen LogP contribution is -2.27. The summed E-state index contributed by atoms with van der Waals surface area (Å²) in [6, 6.07) is 14.8. The molecule has 0 saturated carbocycles. The summed E-state index contributed by atoms with van der Waals surface area (Å²) in [6.07, 6.45) is 0. The van der Waals surface area contributed by atoms with Crippen LogP contribution in [-0.4, -0.2) is 22.8 Å². The molecule has 0 radical (unpaired) electrons. The predicted molar refractivity (Wildman–Crippen MR) is 75.9 cm³/mol. The number of aryl methyl sites for hydroxylation is 1. The van der Waals surface area contributed by atoms with Gasteiger partial charge in [-0.2, -0.15) is 5.26 Å². The molecule has 0 unspecified atom stereocenters. The molecule has 2 rings (SSSR count). The van der Waals surface area contributed by atoms with Crippen LogP contribution in [0.2, 0.25) is 0 Å². The minimum absolute atomic E-state index is 0.192. The number of amides is 1. The van der Waals surface area contributed by atoms with Crippen LogP contribution in [0.3, 0.4) is 0 Å². The highest BCUT2D eigenvalue weighted by atomic mass is 16.2. The van der Waals surface area contributed by atoms with Crippen LogP contribution in [0.25, 0.3) is 0 Å².